The maximum atomic E-state index is 2.61. The van der Waals surface area contributed by atoms with Crippen molar-refractivity contribution in [2.24, 2.45) is 0 Å². The smallest absolute Gasteiger partial charge is 0.0720 e. The number of nitrogens with zero attached hydrogens (tertiary/aromatic N) is 1. The van der Waals surface area contributed by atoms with Gasteiger partial charge in [-0.1, -0.05) is 249 Å². The highest BCUT2D eigenvalue weighted by molar-refractivity contribution is 7.25. The molecule has 1 aromatic heterocycles. The molecular formula is C77H55NS. The quantitative estimate of drug-likeness (QED) is 0.125. The van der Waals surface area contributed by atoms with Gasteiger partial charge in [-0.25, -0.2) is 0 Å². The molecule has 2 aliphatic carbocycles. The third-order valence-corrected chi connectivity index (χ3v) is 18.5. The Morgan fingerprint density at radius 1 is 0.316 bits per heavy atom. The van der Waals surface area contributed by atoms with Crippen LogP contribution in [0, 0.1) is 0 Å². The zero-order valence-electron chi connectivity index (χ0n) is 43.7. The molecule has 0 bridgehead atoms. The monoisotopic (exact) mass is 1030 g/mol. The van der Waals surface area contributed by atoms with E-state index >= 15 is 0 Å². The standard InChI is InChI=1S/C77H55NS/c1-6-22-54(23-7-1)55-40-42-56(43-41-55)63(57-44-49-75-67(51-57)66-32-16-21-37-74(66)79-75)46-38-53-39-47-64-65-48-45-62(78(60-28-12-4-13-29-60)61-30-14-5-15-31-61)52-73(65)77(72(64)50-53)70-35-19-17-33-68(70)76(58-24-8-2-9-25-58,59-26-10-3-11-27-59)69-34-18-20-36-71(69)77/h1-37,39-45,47-52,63H,38,46H2/t63-/m1/s1. The lowest BCUT2D eigenvalue weighted by Gasteiger charge is -2.50. The zero-order chi connectivity index (χ0) is 52.3. The molecule has 1 heterocycles. The summed E-state index contributed by atoms with van der Waals surface area (Å²) in [5.41, 5.74) is 21.6. The number of para-hydroxylation sites is 2. The predicted octanol–water partition coefficient (Wildman–Crippen LogP) is 20.0. The van der Waals surface area contributed by atoms with E-state index in [1.54, 1.807) is 0 Å². The van der Waals surface area contributed by atoms with Crippen LogP contribution in [0.25, 0.3) is 42.4 Å². The summed E-state index contributed by atoms with van der Waals surface area (Å²) in [5, 5.41) is 2.68. The van der Waals surface area contributed by atoms with E-state index < -0.39 is 10.8 Å². The van der Waals surface area contributed by atoms with Gasteiger partial charge in [0.2, 0.25) is 0 Å². The molecular weight excluding hydrogens is 971 g/mol. The minimum Gasteiger partial charge on any atom is -0.310 e. The van der Waals surface area contributed by atoms with Gasteiger partial charge in [-0.15, -0.1) is 11.3 Å². The fourth-order valence-corrected chi connectivity index (χ4v) is 15.0. The Kier molecular flexibility index (Phi) is 11.5. The Labute approximate surface area is 467 Å². The predicted molar refractivity (Wildman–Crippen MR) is 332 cm³/mol. The number of aryl methyl sites for hydroxylation is 1. The third-order valence-electron chi connectivity index (χ3n) is 17.3. The first-order valence-electron chi connectivity index (χ1n) is 27.7. The van der Waals surface area contributed by atoms with Crippen LogP contribution in [-0.4, -0.2) is 0 Å². The Morgan fingerprint density at radius 3 is 1.39 bits per heavy atom. The Morgan fingerprint density at radius 2 is 0.785 bits per heavy atom. The number of benzene rings is 12. The molecule has 0 N–H and O–H groups in total. The normalized spacial score (nSPS) is 13.8. The molecule has 0 radical (unpaired) electrons. The second-order valence-corrected chi connectivity index (χ2v) is 22.5. The summed E-state index contributed by atoms with van der Waals surface area (Å²) < 4.78 is 2.67. The van der Waals surface area contributed by atoms with Gasteiger partial charge < -0.3 is 4.90 Å². The molecule has 2 heteroatoms. The Hall–Kier alpha value is -9.34. The summed E-state index contributed by atoms with van der Waals surface area (Å²) in [6.07, 6.45) is 1.85. The third kappa shape index (κ3) is 7.50. The average molecular weight is 1030 g/mol. The molecule has 13 aromatic rings. The molecule has 374 valence electrons. The molecule has 79 heavy (non-hydrogen) atoms. The van der Waals surface area contributed by atoms with Crippen LogP contribution in [0.1, 0.15) is 73.5 Å². The lowest BCUT2D eigenvalue weighted by molar-refractivity contribution is 0.622. The molecule has 15 rings (SSSR count). The van der Waals surface area contributed by atoms with Crippen molar-refractivity contribution in [1.29, 1.82) is 0 Å². The first-order chi connectivity index (χ1) is 39.2. The minimum atomic E-state index is -0.673. The number of hydrogen-bond donors (Lipinski definition) is 0. The van der Waals surface area contributed by atoms with Gasteiger partial charge in [0.1, 0.15) is 0 Å². The topological polar surface area (TPSA) is 3.24 Å². The van der Waals surface area contributed by atoms with E-state index in [1.165, 1.54) is 104 Å². The molecule has 0 fully saturated rings. The van der Waals surface area contributed by atoms with Crippen molar-refractivity contribution in [3.63, 3.8) is 0 Å². The first kappa shape index (κ1) is 46.9. The molecule has 0 amide bonds. The maximum absolute atomic E-state index is 2.61. The van der Waals surface area contributed by atoms with Crippen LogP contribution in [0.5, 0.6) is 0 Å². The zero-order valence-corrected chi connectivity index (χ0v) is 44.5. The van der Waals surface area contributed by atoms with Gasteiger partial charge in [0.15, 0.2) is 0 Å². The highest BCUT2D eigenvalue weighted by Gasteiger charge is 2.57. The molecule has 1 spiro atoms. The number of thiophene rings is 1. The van der Waals surface area contributed by atoms with Crippen LogP contribution in [0.15, 0.2) is 303 Å². The molecule has 1 atom stereocenters. The summed E-state index contributed by atoms with van der Waals surface area (Å²) >= 11 is 1.89. The van der Waals surface area contributed by atoms with Crippen LogP contribution in [0.3, 0.4) is 0 Å². The first-order valence-corrected chi connectivity index (χ1v) is 28.6. The maximum Gasteiger partial charge on any atom is 0.0720 e. The SMILES string of the molecule is c1ccc(-c2ccc([C@@H](CCc3ccc4c(c3)C3(c5cc(N(c6ccccc6)c6ccccc6)ccc5-4)c4ccccc4C(c4ccccc4)(c4ccccc4)c4ccccc43)c3ccc4sc5ccccc5c4c3)cc2)cc1. The van der Waals surface area contributed by atoms with E-state index in [0.717, 1.165) is 29.9 Å². The van der Waals surface area contributed by atoms with Gasteiger partial charge in [0, 0.05) is 43.2 Å². The molecule has 0 saturated heterocycles. The van der Waals surface area contributed by atoms with Gasteiger partial charge in [0.25, 0.3) is 0 Å². The van der Waals surface area contributed by atoms with Crippen molar-refractivity contribution in [2.45, 2.75) is 29.6 Å². The van der Waals surface area contributed by atoms with Crippen molar-refractivity contribution in [1.82, 2.24) is 0 Å². The number of rotatable bonds is 11. The van der Waals surface area contributed by atoms with Crippen molar-refractivity contribution < 1.29 is 0 Å². The number of hydrogen-bond acceptors (Lipinski definition) is 2. The minimum absolute atomic E-state index is 0.172. The Bertz CT molecular complexity index is 4230. The van der Waals surface area contributed by atoms with Crippen LogP contribution < -0.4 is 4.90 Å². The van der Waals surface area contributed by atoms with E-state index in [-0.39, 0.29) is 5.92 Å². The summed E-state index contributed by atoms with van der Waals surface area (Å²) in [6.45, 7) is 0. The lowest BCUT2D eigenvalue weighted by atomic mass is 9.51. The van der Waals surface area contributed by atoms with Gasteiger partial charge >= 0.3 is 0 Å². The Balaban J connectivity index is 0.938. The van der Waals surface area contributed by atoms with E-state index in [0.29, 0.717) is 0 Å². The summed E-state index contributed by atoms with van der Waals surface area (Å²) in [6, 6.07) is 114. The summed E-state index contributed by atoms with van der Waals surface area (Å²) in [5.74, 6) is 0.172. The summed E-state index contributed by atoms with van der Waals surface area (Å²) in [7, 11) is 0. The number of anilines is 3. The van der Waals surface area contributed by atoms with E-state index in [4.69, 9.17) is 0 Å². The van der Waals surface area contributed by atoms with Crippen LogP contribution in [-0.2, 0) is 17.3 Å². The highest BCUT2D eigenvalue weighted by Crippen LogP contribution is 2.65. The van der Waals surface area contributed by atoms with Crippen LogP contribution in [0.2, 0.25) is 0 Å². The van der Waals surface area contributed by atoms with E-state index in [2.05, 4.69) is 308 Å². The van der Waals surface area contributed by atoms with Gasteiger partial charge in [0.05, 0.1) is 10.8 Å². The molecule has 0 unspecified atom stereocenters. The summed E-state index contributed by atoms with van der Waals surface area (Å²) in [4.78, 5) is 2.42. The molecule has 0 saturated carbocycles. The van der Waals surface area contributed by atoms with E-state index in [1.807, 2.05) is 11.3 Å². The average Bonchev–Trinajstić information content (AvgIpc) is 3.04. The van der Waals surface area contributed by atoms with Gasteiger partial charge in [-0.05, 0) is 151 Å². The van der Waals surface area contributed by atoms with Crippen molar-refractivity contribution >= 4 is 48.6 Å². The second kappa shape index (κ2) is 19.3. The van der Waals surface area contributed by atoms with Crippen molar-refractivity contribution in [3.05, 3.63) is 365 Å². The molecule has 2 aliphatic rings. The van der Waals surface area contributed by atoms with Crippen LogP contribution >= 0.6 is 11.3 Å². The lowest BCUT2D eigenvalue weighted by Crippen LogP contribution is -2.44. The highest BCUT2D eigenvalue weighted by atomic mass is 32.1. The largest absolute Gasteiger partial charge is 0.310 e. The fraction of sp³-hybridized carbons (Fsp3) is 0.0649. The number of fused-ring (bicyclic) bond motifs is 12. The van der Waals surface area contributed by atoms with Gasteiger partial charge in [-0.3, -0.25) is 0 Å². The molecule has 12 aromatic carbocycles. The van der Waals surface area contributed by atoms with Gasteiger partial charge in [-0.2, -0.15) is 0 Å². The molecule has 0 aliphatic heterocycles. The van der Waals surface area contributed by atoms with E-state index in [9.17, 15) is 0 Å². The second-order valence-electron chi connectivity index (χ2n) is 21.4. The van der Waals surface area contributed by atoms with Crippen molar-refractivity contribution in [2.75, 3.05) is 4.90 Å². The molecule has 1 nitrogen and oxygen atoms in total. The van der Waals surface area contributed by atoms with Crippen LogP contribution in [0.4, 0.5) is 17.1 Å². The van der Waals surface area contributed by atoms with Crippen molar-refractivity contribution in [3.8, 4) is 22.3 Å². The fourth-order valence-electron chi connectivity index (χ4n) is 13.9.